The molecule has 1 aliphatic rings. The summed E-state index contributed by atoms with van der Waals surface area (Å²) in [4.78, 5) is 19.1. The second-order valence-electron chi connectivity index (χ2n) is 5.62. The smallest absolute Gasteiger partial charge is 0.258 e. The van der Waals surface area contributed by atoms with Crippen LogP contribution in [0.5, 0.6) is 0 Å². The highest BCUT2D eigenvalue weighted by Crippen LogP contribution is 2.17. The average Bonchev–Trinajstić information content (AvgIpc) is 2.42. The number of fused-ring (bicyclic) bond motifs is 1. The third-order valence-electron chi connectivity index (χ3n) is 3.94. The van der Waals surface area contributed by atoms with E-state index in [-0.39, 0.29) is 5.56 Å². The van der Waals surface area contributed by atoms with Gasteiger partial charge in [-0.1, -0.05) is 6.92 Å². The quantitative estimate of drug-likeness (QED) is 0.846. The Bertz CT molecular complexity index is 674. The maximum atomic E-state index is 12.1. The molecule has 0 aliphatic carbocycles. The zero-order valence-electron chi connectivity index (χ0n) is 11.6. The summed E-state index contributed by atoms with van der Waals surface area (Å²) in [7, 11) is 0. The predicted molar refractivity (Wildman–Crippen MR) is 82.8 cm³/mol. The van der Waals surface area contributed by atoms with Gasteiger partial charge in [-0.15, -0.1) is 0 Å². The van der Waals surface area contributed by atoms with Gasteiger partial charge in [-0.2, -0.15) is 0 Å². The van der Waals surface area contributed by atoms with Crippen molar-refractivity contribution in [3.05, 3.63) is 44.9 Å². The molecule has 4 nitrogen and oxygen atoms in total. The van der Waals surface area contributed by atoms with Crippen molar-refractivity contribution in [2.24, 2.45) is 5.92 Å². The number of likely N-dealkylation sites (tertiary alicyclic amines) is 1. The molecule has 0 bridgehead atoms. The van der Waals surface area contributed by atoms with Crippen molar-refractivity contribution in [1.29, 1.82) is 0 Å². The van der Waals surface area contributed by atoms with E-state index in [0.717, 1.165) is 35.7 Å². The van der Waals surface area contributed by atoms with Crippen LogP contribution in [0.1, 0.15) is 25.5 Å². The van der Waals surface area contributed by atoms with E-state index in [9.17, 15) is 4.79 Å². The Balaban J connectivity index is 1.85. The van der Waals surface area contributed by atoms with E-state index in [2.05, 4.69) is 32.7 Å². The van der Waals surface area contributed by atoms with Gasteiger partial charge in [-0.3, -0.25) is 14.1 Å². The van der Waals surface area contributed by atoms with Crippen molar-refractivity contribution in [3.63, 3.8) is 0 Å². The van der Waals surface area contributed by atoms with E-state index < -0.39 is 0 Å². The van der Waals surface area contributed by atoms with Gasteiger partial charge in [0.15, 0.2) is 0 Å². The molecule has 20 heavy (non-hydrogen) atoms. The maximum absolute atomic E-state index is 12.1. The number of aromatic nitrogens is 2. The molecule has 0 N–H and O–H groups in total. The molecule has 2 aromatic rings. The second kappa shape index (κ2) is 5.66. The lowest BCUT2D eigenvalue weighted by Crippen LogP contribution is -2.33. The lowest BCUT2D eigenvalue weighted by atomic mass is 9.99. The molecule has 1 saturated heterocycles. The van der Waals surface area contributed by atoms with Gasteiger partial charge in [0.25, 0.3) is 5.56 Å². The zero-order valence-corrected chi connectivity index (χ0v) is 13.1. The van der Waals surface area contributed by atoms with Gasteiger partial charge in [-0.05, 0) is 59.9 Å². The summed E-state index contributed by atoms with van der Waals surface area (Å²) in [5.41, 5.74) is 1.56. The summed E-state index contributed by atoms with van der Waals surface area (Å²) in [6, 6.07) is 5.43. The minimum atomic E-state index is -0.0170. The summed E-state index contributed by atoms with van der Waals surface area (Å²) in [6.07, 6.45) is 4.23. The average molecular weight is 336 g/mol. The molecule has 106 valence electrons. The van der Waals surface area contributed by atoms with Gasteiger partial charge >= 0.3 is 0 Å². The van der Waals surface area contributed by atoms with Gasteiger partial charge in [0.05, 0.1) is 5.69 Å². The Morgan fingerprint density at radius 1 is 1.35 bits per heavy atom. The molecule has 5 heteroatoms. The van der Waals surface area contributed by atoms with E-state index in [1.807, 2.05) is 12.1 Å². The number of hydrogen-bond acceptors (Lipinski definition) is 3. The summed E-state index contributed by atoms with van der Waals surface area (Å²) in [5, 5.41) is 0. The first-order chi connectivity index (χ1) is 9.61. The standard InChI is InChI=1S/C15H18BrN3O/c1-11-4-6-18(7-5-11)10-13-8-15(20)19-9-12(16)2-3-14(19)17-13/h2-3,8-9,11H,4-7,10H2,1H3. The maximum Gasteiger partial charge on any atom is 0.258 e. The first kappa shape index (κ1) is 13.8. The second-order valence-corrected chi connectivity index (χ2v) is 6.54. The third kappa shape index (κ3) is 2.94. The lowest BCUT2D eigenvalue weighted by molar-refractivity contribution is 0.183. The third-order valence-corrected chi connectivity index (χ3v) is 4.41. The Hall–Kier alpha value is -1.20. The van der Waals surface area contributed by atoms with Crippen LogP contribution in [-0.4, -0.2) is 27.4 Å². The number of pyridine rings is 1. The Labute approximate surface area is 126 Å². The summed E-state index contributed by atoms with van der Waals surface area (Å²) < 4.78 is 2.46. The molecule has 0 saturated carbocycles. The monoisotopic (exact) mass is 335 g/mol. The van der Waals surface area contributed by atoms with Crippen molar-refractivity contribution in [3.8, 4) is 0 Å². The highest BCUT2D eigenvalue weighted by Gasteiger charge is 2.16. The SMILES string of the molecule is CC1CCN(Cc2cc(=O)n3cc(Br)ccc3n2)CC1. The van der Waals surface area contributed by atoms with E-state index >= 15 is 0 Å². The van der Waals surface area contributed by atoms with Crippen molar-refractivity contribution in [2.45, 2.75) is 26.3 Å². The fourth-order valence-electron chi connectivity index (χ4n) is 2.66. The number of hydrogen-bond donors (Lipinski definition) is 0. The van der Waals surface area contributed by atoms with Crippen molar-refractivity contribution >= 4 is 21.6 Å². The normalized spacial score (nSPS) is 17.7. The van der Waals surface area contributed by atoms with Crippen molar-refractivity contribution < 1.29 is 0 Å². The molecular formula is C15H18BrN3O. The van der Waals surface area contributed by atoms with Gasteiger partial charge in [0.1, 0.15) is 5.65 Å². The van der Waals surface area contributed by atoms with Gasteiger partial charge in [0, 0.05) is 23.3 Å². The molecule has 0 radical (unpaired) electrons. The van der Waals surface area contributed by atoms with E-state index in [4.69, 9.17) is 0 Å². The van der Waals surface area contributed by atoms with Gasteiger partial charge in [0.2, 0.25) is 0 Å². The van der Waals surface area contributed by atoms with Crippen LogP contribution >= 0.6 is 15.9 Å². The molecule has 0 spiro atoms. The van der Waals surface area contributed by atoms with Crippen LogP contribution in [0.15, 0.2) is 33.7 Å². The number of halogens is 1. The molecule has 2 aromatic heterocycles. The van der Waals surface area contributed by atoms with Crippen LogP contribution in [0.2, 0.25) is 0 Å². The topological polar surface area (TPSA) is 37.6 Å². The fourth-order valence-corrected chi connectivity index (χ4v) is 2.99. The highest BCUT2D eigenvalue weighted by molar-refractivity contribution is 9.10. The van der Waals surface area contributed by atoms with E-state index in [0.29, 0.717) is 5.65 Å². The van der Waals surface area contributed by atoms with Crippen LogP contribution in [0.3, 0.4) is 0 Å². The first-order valence-electron chi connectivity index (χ1n) is 7.02. The molecule has 1 aliphatic heterocycles. The molecule has 0 unspecified atom stereocenters. The zero-order chi connectivity index (χ0) is 14.1. The summed E-state index contributed by atoms with van der Waals surface area (Å²) >= 11 is 3.37. The van der Waals surface area contributed by atoms with Gasteiger partial charge < -0.3 is 0 Å². The first-order valence-corrected chi connectivity index (χ1v) is 7.81. The molecule has 0 amide bonds. The molecule has 0 atom stereocenters. The number of rotatable bonds is 2. The van der Waals surface area contributed by atoms with E-state index in [1.54, 1.807) is 16.7 Å². The van der Waals surface area contributed by atoms with Gasteiger partial charge in [-0.25, -0.2) is 4.98 Å². The van der Waals surface area contributed by atoms with Crippen molar-refractivity contribution in [1.82, 2.24) is 14.3 Å². The predicted octanol–water partition coefficient (Wildman–Crippen LogP) is 2.69. The van der Waals surface area contributed by atoms with Crippen molar-refractivity contribution in [2.75, 3.05) is 13.1 Å². The summed E-state index contributed by atoms with van der Waals surface area (Å²) in [6.45, 7) is 5.27. The Morgan fingerprint density at radius 2 is 2.10 bits per heavy atom. The number of nitrogens with zero attached hydrogens (tertiary/aromatic N) is 3. The molecule has 3 rings (SSSR count). The Kier molecular flexibility index (Phi) is 3.89. The summed E-state index contributed by atoms with van der Waals surface area (Å²) in [5.74, 6) is 0.818. The largest absolute Gasteiger partial charge is 0.297 e. The molecule has 1 fully saturated rings. The van der Waals surface area contributed by atoms with Crippen LogP contribution in [0.4, 0.5) is 0 Å². The van der Waals surface area contributed by atoms with Crippen LogP contribution < -0.4 is 5.56 Å². The molecular weight excluding hydrogens is 318 g/mol. The van der Waals surface area contributed by atoms with Crippen LogP contribution in [0.25, 0.3) is 5.65 Å². The molecule has 0 aromatic carbocycles. The minimum absolute atomic E-state index is 0.0170. The fraction of sp³-hybridized carbons (Fsp3) is 0.467. The Morgan fingerprint density at radius 3 is 2.85 bits per heavy atom. The van der Waals surface area contributed by atoms with Crippen LogP contribution in [0, 0.1) is 5.92 Å². The number of piperidine rings is 1. The van der Waals surface area contributed by atoms with E-state index in [1.165, 1.54) is 12.8 Å². The highest BCUT2D eigenvalue weighted by atomic mass is 79.9. The van der Waals surface area contributed by atoms with Crippen LogP contribution in [-0.2, 0) is 6.54 Å². The molecule has 3 heterocycles. The minimum Gasteiger partial charge on any atom is -0.297 e. The lowest BCUT2D eigenvalue weighted by Gasteiger charge is -2.29.